The van der Waals surface area contributed by atoms with E-state index in [9.17, 15) is 0 Å². The molecule has 3 nitrogen and oxygen atoms in total. The number of methoxy groups -OCH3 is 1. The van der Waals surface area contributed by atoms with Crippen molar-refractivity contribution in [1.82, 2.24) is 4.98 Å². The Hall–Kier alpha value is -1.09. The van der Waals surface area contributed by atoms with Crippen LogP contribution in [0, 0.1) is 13.8 Å². The van der Waals surface area contributed by atoms with E-state index in [1.807, 2.05) is 13.1 Å². The summed E-state index contributed by atoms with van der Waals surface area (Å²) in [4.78, 5) is 4.49. The maximum atomic E-state index is 6.28. The Morgan fingerprint density at radius 3 is 2.59 bits per heavy atom. The average molecular weight is 236 g/mol. The van der Waals surface area contributed by atoms with Crippen LogP contribution in [0.15, 0.2) is 6.20 Å². The third-order valence-electron chi connectivity index (χ3n) is 3.14. The number of pyridine rings is 1. The van der Waals surface area contributed by atoms with Gasteiger partial charge in [-0.3, -0.25) is 4.98 Å². The van der Waals surface area contributed by atoms with E-state index in [1.165, 1.54) is 0 Å². The molecule has 1 rings (SSSR count). The van der Waals surface area contributed by atoms with Crippen molar-refractivity contribution in [2.75, 3.05) is 7.11 Å². The number of aryl methyl sites for hydroxylation is 1. The molecule has 0 aliphatic heterocycles. The summed E-state index contributed by atoms with van der Waals surface area (Å²) >= 11 is 0. The van der Waals surface area contributed by atoms with Gasteiger partial charge in [-0.05, 0) is 27.2 Å². The molecule has 3 heteroatoms. The molecule has 1 heterocycles. The molecule has 0 aliphatic carbocycles. The Morgan fingerprint density at radius 2 is 2.06 bits per heavy atom. The van der Waals surface area contributed by atoms with Gasteiger partial charge in [-0.2, -0.15) is 0 Å². The number of ether oxygens (including phenoxy) is 1. The van der Waals surface area contributed by atoms with E-state index in [1.54, 1.807) is 7.11 Å². The van der Waals surface area contributed by atoms with Gasteiger partial charge in [0.05, 0.1) is 7.11 Å². The Morgan fingerprint density at radius 1 is 1.41 bits per heavy atom. The molecular formula is C14H24N2O. The lowest BCUT2D eigenvalue weighted by Crippen LogP contribution is -2.38. The van der Waals surface area contributed by atoms with E-state index < -0.39 is 0 Å². The minimum Gasteiger partial charge on any atom is -0.496 e. The Balaban J connectivity index is 3.00. The number of hydrogen-bond acceptors (Lipinski definition) is 3. The molecule has 0 bridgehead atoms. The molecule has 96 valence electrons. The van der Waals surface area contributed by atoms with Crippen molar-refractivity contribution in [2.45, 2.75) is 52.5 Å². The highest BCUT2D eigenvalue weighted by molar-refractivity contribution is 5.41. The van der Waals surface area contributed by atoms with Crippen molar-refractivity contribution in [3.8, 4) is 5.75 Å². The van der Waals surface area contributed by atoms with Gasteiger partial charge in [0.15, 0.2) is 0 Å². The minimum atomic E-state index is -0.188. The SMILES string of the molecule is CCCC(C)(N)Cc1ncc(C)c(OC)c1C. The zero-order chi connectivity index (χ0) is 13.1. The molecule has 0 amide bonds. The van der Waals surface area contributed by atoms with Crippen LogP contribution in [0.1, 0.15) is 43.5 Å². The number of rotatable bonds is 5. The van der Waals surface area contributed by atoms with E-state index in [4.69, 9.17) is 10.5 Å². The van der Waals surface area contributed by atoms with Gasteiger partial charge in [0.1, 0.15) is 5.75 Å². The zero-order valence-corrected chi connectivity index (χ0v) is 11.6. The second kappa shape index (κ2) is 5.50. The van der Waals surface area contributed by atoms with Crippen molar-refractivity contribution in [3.05, 3.63) is 23.0 Å². The second-order valence-electron chi connectivity index (χ2n) is 5.13. The molecule has 1 aromatic rings. The molecule has 0 radical (unpaired) electrons. The fourth-order valence-corrected chi connectivity index (χ4v) is 2.29. The largest absolute Gasteiger partial charge is 0.496 e. The second-order valence-corrected chi connectivity index (χ2v) is 5.13. The highest BCUT2D eigenvalue weighted by Gasteiger charge is 2.21. The molecule has 1 atom stereocenters. The van der Waals surface area contributed by atoms with Crippen LogP contribution in [-0.4, -0.2) is 17.6 Å². The molecule has 0 saturated carbocycles. The smallest absolute Gasteiger partial charge is 0.128 e. The predicted octanol–water partition coefficient (Wildman–Crippen LogP) is 2.77. The summed E-state index contributed by atoms with van der Waals surface area (Å²) in [5.41, 5.74) is 9.32. The normalized spacial score (nSPS) is 14.5. The van der Waals surface area contributed by atoms with Crippen molar-refractivity contribution in [1.29, 1.82) is 0 Å². The summed E-state index contributed by atoms with van der Waals surface area (Å²) in [5.74, 6) is 0.933. The first-order valence-electron chi connectivity index (χ1n) is 6.19. The van der Waals surface area contributed by atoms with Crippen LogP contribution in [0.2, 0.25) is 0 Å². The van der Waals surface area contributed by atoms with Gasteiger partial charge in [-0.1, -0.05) is 13.3 Å². The van der Waals surface area contributed by atoms with Crippen LogP contribution in [0.4, 0.5) is 0 Å². The predicted molar refractivity (Wildman–Crippen MR) is 71.5 cm³/mol. The standard InChI is InChI=1S/C14H24N2O/c1-6-7-14(4,15)8-12-11(3)13(17-5)10(2)9-16-12/h9H,6-8,15H2,1-5H3. The fourth-order valence-electron chi connectivity index (χ4n) is 2.29. The van der Waals surface area contributed by atoms with Crippen molar-refractivity contribution in [3.63, 3.8) is 0 Å². The average Bonchev–Trinajstić information content (AvgIpc) is 2.23. The zero-order valence-electron chi connectivity index (χ0n) is 11.6. The van der Waals surface area contributed by atoms with Gasteiger partial charge < -0.3 is 10.5 Å². The van der Waals surface area contributed by atoms with Gasteiger partial charge in [0, 0.05) is 35.0 Å². The van der Waals surface area contributed by atoms with Crippen LogP contribution in [0.5, 0.6) is 5.75 Å². The van der Waals surface area contributed by atoms with Crippen LogP contribution in [-0.2, 0) is 6.42 Å². The van der Waals surface area contributed by atoms with E-state index in [2.05, 4.69) is 25.8 Å². The summed E-state index contributed by atoms with van der Waals surface area (Å²) < 4.78 is 5.41. The van der Waals surface area contributed by atoms with Crippen molar-refractivity contribution in [2.24, 2.45) is 5.73 Å². The van der Waals surface area contributed by atoms with Gasteiger partial charge in [0.2, 0.25) is 0 Å². The van der Waals surface area contributed by atoms with E-state index in [0.29, 0.717) is 0 Å². The van der Waals surface area contributed by atoms with Crippen LogP contribution in [0.3, 0.4) is 0 Å². The number of hydrogen-bond donors (Lipinski definition) is 1. The Kier molecular flexibility index (Phi) is 4.52. The lowest BCUT2D eigenvalue weighted by Gasteiger charge is -2.25. The summed E-state index contributed by atoms with van der Waals surface area (Å²) in [6.45, 7) is 8.30. The number of nitrogens with zero attached hydrogens (tertiary/aromatic N) is 1. The maximum Gasteiger partial charge on any atom is 0.128 e. The lowest BCUT2D eigenvalue weighted by molar-refractivity contribution is 0.399. The highest BCUT2D eigenvalue weighted by atomic mass is 16.5. The summed E-state index contributed by atoms with van der Waals surface area (Å²) in [6, 6.07) is 0. The first-order chi connectivity index (χ1) is 7.91. The Bertz CT molecular complexity index is 386. The van der Waals surface area contributed by atoms with Crippen LogP contribution >= 0.6 is 0 Å². The van der Waals surface area contributed by atoms with E-state index in [-0.39, 0.29) is 5.54 Å². The maximum absolute atomic E-state index is 6.28. The van der Waals surface area contributed by atoms with E-state index in [0.717, 1.165) is 41.8 Å². The molecule has 0 saturated heterocycles. The topological polar surface area (TPSA) is 48.1 Å². The van der Waals surface area contributed by atoms with Gasteiger partial charge in [0.25, 0.3) is 0 Å². The first kappa shape index (κ1) is 14.0. The molecule has 0 fully saturated rings. The number of aromatic nitrogens is 1. The molecule has 2 N–H and O–H groups in total. The summed E-state index contributed by atoms with van der Waals surface area (Å²) in [7, 11) is 1.70. The molecular weight excluding hydrogens is 212 g/mol. The molecule has 1 aromatic heterocycles. The van der Waals surface area contributed by atoms with E-state index >= 15 is 0 Å². The van der Waals surface area contributed by atoms with Crippen LogP contribution < -0.4 is 10.5 Å². The third kappa shape index (κ3) is 3.43. The fraction of sp³-hybridized carbons (Fsp3) is 0.643. The van der Waals surface area contributed by atoms with Crippen molar-refractivity contribution >= 4 is 0 Å². The first-order valence-corrected chi connectivity index (χ1v) is 6.19. The molecule has 1 unspecified atom stereocenters. The third-order valence-corrected chi connectivity index (χ3v) is 3.14. The minimum absolute atomic E-state index is 0.188. The van der Waals surface area contributed by atoms with Gasteiger partial charge in [-0.15, -0.1) is 0 Å². The van der Waals surface area contributed by atoms with Crippen LogP contribution in [0.25, 0.3) is 0 Å². The number of nitrogens with two attached hydrogens (primary N) is 1. The highest BCUT2D eigenvalue weighted by Crippen LogP contribution is 2.26. The molecule has 0 spiro atoms. The Labute approximate surface area is 104 Å². The molecule has 0 aromatic carbocycles. The van der Waals surface area contributed by atoms with Gasteiger partial charge >= 0.3 is 0 Å². The lowest BCUT2D eigenvalue weighted by atomic mass is 9.90. The van der Waals surface area contributed by atoms with Gasteiger partial charge in [-0.25, -0.2) is 0 Å². The summed E-state index contributed by atoms with van der Waals surface area (Å²) in [5, 5.41) is 0. The summed E-state index contributed by atoms with van der Waals surface area (Å²) in [6.07, 6.45) is 4.76. The molecule has 17 heavy (non-hydrogen) atoms. The quantitative estimate of drug-likeness (QED) is 0.855. The van der Waals surface area contributed by atoms with Crippen molar-refractivity contribution < 1.29 is 4.74 Å². The monoisotopic (exact) mass is 236 g/mol. The molecule has 0 aliphatic rings.